The Hall–Kier alpha value is -1.13. The molecule has 1 N–H and O–H groups in total. The Morgan fingerprint density at radius 1 is 1.44 bits per heavy atom. The molecule has 3 nitrogen and oxygen atoms in total. The first-order valence-corrected chi connectivity index (χ1v) is 7.10. The maximum atomic E-state index is 4.30. The molecule has 0 amide bonds. The molecular weight excluding hydrogens is 290 g/mol. The Labute approximate surface area is 115 Å². The predicted octanol–water partition coefficient (Wildman–Crippen LogP) is 3.12. The molecule has 94 valence electrons. The molecule has 0 bridgehead atoms. The quantitative estimate of drug-likeness (QED) is 0.944. The van der Waals surface area contributed by atoms with E-state index < -0.39 is 0 Å². The van der Waals surface area contributed by atoms with E-state index in [1.165, 1.54) is 24.1 Å². The molecule has 1 unspecified atom stereocenters. The molecule has 2 heterocycles. The Morgan fingerprint density at radius 2 is 2.39 bits per heavy atom. The average Bonchev–Trinajstić information content (AvgIpc) is 2.98. The predicted molar refractivity (Wildman–Crippen MR) is 75.4 cm³/mol. The summed E-state index contributed by atoms with van der Waals surface area (Å²) in [4.78, 5) is 4.30. The molecule has 18 heavy (non-hydrogen) atoms. The summed E-state index contributed by atoms with van der Waals surface area (Å²) in [6, 6.07) is 8.91. The lowest BCUT2D eigenvalue weighted by Gasteiger charge is -2.14. The lowest BCUT2D eigenvalue weighted by molar-refractivity contribution is 0.584. The lowest BCUT2D eigenvalue weighted by Crippen LogP contribution is -2.17. The highest BCUT2D eigenvalue weighted by Gasteiger charge is 2.19. The van der Waals surface area contributed by atoms with Gasteiger partial charge >= 0.3 is 0 Å². The maximum Gasteiger partial charge on any atom is 0.0951 e. The topological polar surface area (TPSA) is 29.9 Å². The molecule has 1 aromatic heterocycles. The first-order valence-electron chi connectivity index (χ1n) is 6.31. The number of nitrogens with zero attached hydrogens (tertiary/aromatic N) is 2. The van der Waals surface area contributed by atoms with Crippen molar-refractivity contribution in [1.82, 2.24) is 14.9 Å². The van der Waals surface area contributed by atoms with Crippen LogP contribution < -0.4 is 5.32 Å². The van der Waals surface area contributed by atoms with E-state index in [0.29, 0.717) is 6.04 Å². The fourth-order valence-electron chi connectivity index (χ4n) is 2.52. The van der Waals surface area contributed by atoms with E-state index in [2.05, 4.69) is 55.1 Å². The van der Waals surface area contributed by atoms with Gasteiger partial charge in [0.1, 0.15) is 0 Å². The van der Waals surface area contributed by atoms with Crippen LogP contribution in [0.3, 0.4) is 0 Å². The van der Waals surface area contributed by atoms with E-state index in [1.807, 2.05) is 12.5 Å². The molecule has 0 spiro atoms. The van der Waals surface area contributed by atoms with Gasteiger partial charge in [-0.1, -0.05) is 28.1 Å². The van der Waals surface area contributed by atoms with E-state index in [-0.39, 0.29) is 0 Å². The Kier molecular flexibility index (Phi) is 3.48. The molecule has 1 aliphatic heterocycles. The van der Waals surface area contributed by atoms with E-state index in [0.717, 1.165) is 17.6 Å². The second-order valence-electron chi connectivity index (χ2n) is 4.73. The van der Waals surface area contributed by atoms with Crippen molar-refractivity contribution in [3.05, 3.63) is 52.5 Å². The number of aromatic nitrogens is 2. The molecule has 0 saturated carbocycles. The van der Waals surface area contributed by atoms with Crippen LogP contribution in [0.4, 0.5) is 0 Å². The van der Waals surface area contributed by atoms with Crippen LogP contribution >= 0.6 is 15.9 Å². The minimum Gasteiger partial charge on any atom is -0.329 e. The van der Waals surface area contributed by atoms with Crippen molar-refractivity contribution in [1.29, 1.82) is 0 Å². The fraction of sp³-hybridized carbons (Fsp3) is 0.357. The monoisotopic (exact) mass is 305 g/mol. The van der Waals surface area contributed by atoms with Crippen molar-refractivity contribution >= 4 is 15.9 Å². The number of hydrogen-bond acceptors (Lipinski definition) is 2. The lowest BCUT2D eigenvalue weighted by atomic mass is 10.1. The zero-order chi connectivity index (χ0) is 12.4. The van der Waals surface area contributed by atoms with Crippen LogP contribution in [0.1, 0.15) is 30.1 Å². The van der Waals surface area contributed by atoms with Crippen LogP contribution in [-0.4, -0.2) is 16.1 Å². The zero-order valence-corrected chi connectivity index (χ0v) is 11.7. The van der Waals surface area contributed by atoms with Gasteiger partial charge in [-0.2, -0.15) is 0 Å². The minimum absolute atomic E-state index is 0.472. The summed E-state index contributed by atoms with van der Waals surface area (Å²) < 4.78 is 3.37. The third kappa shape index (κ3) is 2.49. The highest BCUT2D eigenvalue weighted by atomic mass is 79.9. The van der Waals surface area contributed by atoms with Gasteiger partial charge in [0, 0.05) is 23.3 Å². The molecule has 1 atom stereocenters. The van der Waals surface area contributed by atoms with Gasteiger partial charge in [-0.25, -0.2) is 4.98 Å². The Morgan fingerprint density at radius 3 is 3.17 bits per heavy atom. The van der Waals surface area contributed by atoms with Crippen LogP contribution in [0.25, 0.3) is 0 Å². The number of halogens is 1. The van der Waals surface area contributed by atoms with E-state index in [4.69, 9.17) is 0 Å². The van der Waals surface area contributed by atoms with Crippen LogP contribution in [0, 0.1) is 0 Å². The van der Waals surface area contributed by atoms with Crippen molar-refractivity contribution in [3.63, 3.8) is 0 Å². The van der Waals surface area contributed by atoms with Crippen LogP contribution in [-0.2, 0) is 6.54 Å². The SMILES string of the molecule is Brc1cccc(Cn2cncc2C2CCCN2)c1. The summed E-state index contributed by atoms with van der Waals surface area (Å²) >= 11 is 3.51. The van der Waals surface area contributed by atoms with Crippen molar-refractivity contribution < 1.29 is 0 Å². The molecule has 1 aliphatic rings. The summed E-state index contributed by atoms with van der Waals surface area (Å²) in [6.45, 7) is 2.00. The largest absolute Gasteiger partial charge is 0.329 e. The normalized spacial score (nSPS) is 19.3. The molecule has 1 aromatic carbocycles. The van der Waals surface area contributed by atoms with Gasteiger partial charge in [-0.15, -0.1) is 0 Å². The summed E-state index contributed by atoms with van der Waals surface area (Å²) in [7, 11) is 0. The molecular formula is C14H16BrN3. The Bertz CT molecular complexity index is 529. The van der Waals surface area contributed by atoms with E-state index >= 15 is 0 Å². The first-order chi connectivity index (χ1) is 8.83. The third-order valence-corrected chi connectivity index (χ3v) is 3.90. The second kappa shape index (κ2) is 5.24. The number of rotatable bonds is 3. The third-order valence-electron chi connectivity index (χ3n) is 3.40. The summed E-state index contributed by atoms with van der Waals surface area (Å²) in [5, 5.41) is 3.53. The number of benzene rings is 1. The molecule has 1 saturated heterocycles. The second-order valence-corrected chi connectivity index (χ2v) is 5.64. The van der Waals surface area contributed by atoms with Gasteiger partial charge < -0.3 is 9.88 Å². The maximum absolute atomic E-state index is 4.30. The summed E-state index contributed by atoms with van der Waals surface area (Å²) in [5.41, 5.74) is 2.59. The van der Waals surface area contributed by atoms with Gasteiger partial charge in [0.25, 0.3) is 0 Å². The van der Waals surface area contributed by atoms with Gasteiger partial charge in [0.05, 0.1) is 12.0 Å². The molecule has 3 rings (SSSR count). The fourth-order valence-corrected chi connectivity index (χ4v) is 2.97. The van der Waals surface area contributed by atoms with Crippen LogP contribution in [0.2, 0.25) is 0 Å². The Balaban J connectivity index is 1.82. The zero-order valence-electron chi connectivity index (χ0n) is 10.1. The molecule has 1 fully saturated rings. The highest BCUT2D eigenvalue weighted by molar-refractivity contribution is 9.10. The first kappa shape index (κ1) is 11.9. The molecule has 4 heteroatoms. The van der Waals surface area contributed by atoms with Gasteiger partial charge in [0.15, 0.2) is 0 Å². The average molecular weight is 306 g/mol. The number of nitrogens with one attached hydrogen (secondary N) is 1. The van der Waals surface area contributed by atoms with Crippen molar-refractivity contribution in [2.24, 2.45) is 0 Å². The standard InChI is InChI=1S/C14H16BrN3/c15-12-4-1-3-11(7-12)9-18-10-16-8-14(18)13-5-2-6-17-13/h1,3-4,7-8,10,13,17H,2,5-6,9H2. The van der Waals surface area contributed by atoms with Crippen LogP contribution in [0.15, 0.2) is 41.3 Å². The van der Waals surface area contributed by atoms with Gasteiger partial charge in [-0.3, -0.25) is 0 Å². The van der Waals surface area contributed by atoms with Crippen LogP contribution in [0.5, 0.6) is 0 Å². The van der Waals surface area contributed by atoms with Gasteiger partial charge in [0.2, 0.25) is 0 Å². The summed E-state index contributed by atoms with van der Waals surface area (Å²) in [5.74, 6) is 0. The van der Waals surface area contributed by atoms with E-state index in [9.17, 15) is 0 Å². The minimum atomic E-state index is 0.472. The molecule has 2 aromatic rings. The molecule has 0 radical (unpaired) electrons. The van der Waals surface area contributed by atoms with Crippen molar-refractivity contribution in [2.45, 2.75) is 25.4 Å². The van der Waals surface area contributed by atoms with Crippen molar-refractivity contribution in [3.8, 4) is 0 Å². The summed E-state index contributed by atoms with van der Waals surface area (Å²) in [6.07, 6.45) is 6.38. The smallest absolute Gasteiger partial charge is 0.0951 e. The number of hydrogen-bond donors (Lipinski definition) is 1. The van der Waals surface area contributed by atoms with Crippen molar-refractivity contribution in [2.75, 3.05) is 6.54 Å². The number of imidazole rings is 1. The highest BCUT2D eigenvalue weighted by Crippen LogP contribution is 2.23. The van der Waals surface area contributed by atoms with Gasteiger partial charge in [-0.05, 0) is 37.1 Å². The molecule has 0 aliphatic carbocycles. The van der Waals surface area contributed by atoms with E-state index in [1.54, 1.807) is 0 Å².